The number of rotatable bonds is 3. The molecule has 0 saturated heterocycles. The minimum atomic E-state index is -3.76. The maximum absolute atomic E-state index is 11.6. The number of hydrogen-bond acceptors (Lipinski definition) is 6. The van der Waals surface area contributed by atoms with E-state index in [0.717, 1.165) is 0 Å². The molecule has 118 valence electrons. The van der Waals surface area contributed by atoms with E-state index in [0.29, 0.717) is 22.6 Å². The van der Waals surface area contributed by atoms with Crippen molar-refractivity contribution >= 4 is 21.4 Å². The number of nitrogens with zero attached hydrogens (tertiary/aromatic N) is 3. The minimum Gasteiger partial charge on any atom is -0.323 e. The predicted octanol–water partition coefficient (Wildman–Crippen LogP) is 1.93. The summed E-state index contributed by atoms with van der Waals surface area (Å²) in [6, 6.07) is 7.36. The fourth-order valence-corrected chi connectivity index (χ4v) is 2.47. The molecule has 0 amide bonds. The van der Waals surface area contributed by atoms with E-state index in [1.165, 1.54) is 24.3 Å². The molecule has 0 aliphatic carbocycles. The minimum absolute atomic E-state index is 0.0193. The summed E-state index contributed by atoms with van der Waals surface area (Å²) in [5, 5.41) is 22.0. The van der Waals surface area contributed by atoms with Gasteiger partial charge in [-0.1, -0.05) is 0 Å². The van der Waals surface area contributed by atoms with Crippen LogP contribution in [0, 0.1) is 25.2 Å². The second-order valence-corrected chi connectivity index (χ2v) is 6.34. The molecular formula is C14H13N5O3S. The van der Waals surface area contributed by atoms with Crippen LogP contribution in [0.5, 0.6) is 0 Å². The average Bonchev–Trinajstić information content (AvgIpc) is 2.46. The molecule has 3 N–H and O–H groups in total. The second kappa shape index (κ2) is 6.12. The van der Waals surface area contributed by atoms with Crippen molar-refractivity contribution in [2.24, 2.45) is 15.4 Å². The standard InChI is InChI=1S/C14H13N5O3S/c1-8-12(7-15)14(20)17-9(2)13(8)19-18-10-3-5-11(6-4-10)23(16,21)22/h3-6H,1-2H3,(H,17,20)(H2,16,21,22). The monoisotopic (exact) mass is 331 g/mol. The van der Waals surface area contributed by atoms with Crippen molar-refractivity contribution < 1.29 is 8.42 Å². The molecule has 0 atom stereocenters. The van der Waals surface area contributed by atoms with Crippen molar-refractivity contribution in [3.8, 4) is 6.07 Å². The summed E-state index contributed by atoms with van der Waals surface area (Å²) in [7, 11) is -3.76. The first kappa shape index (κ1) is 16.5. The van der Waals surface area contributed by atoms with E-state index in [9.17, 15) is 13.2 Å². The summed E-state index contributed by atoms with van der Waals surface area (Å²) >= 11 is 0. The molecule has 9 heteroatoms. The molecule has 0 fully saturated rings. The predicted molar refractivity (Wildman–Crippen MR) is 83.2 cm³/mol. The lowest BCUT2D eigenvalue weighted by molar-refractivity contribution is 0.598. The lowest BCUT2D eigenvalue weighted by Crippen LogP contribution is -2.13. The number of aromatic amines is 1. The van der Waals surface area contributed by atoms with Gasteiger partial charge in [0.15, 0.2) is 0 Å². The van der Waals surface area contributed by atoms with Crippen molar-refractivity contribution in [1.82, 2.24) is 4.98 Å². The Labute approximate surface area is 132 Å². The normalized spacial score (nSPS) is 11.6. The maximum Gasteiger partial charge on any atom is 0.266 e. The van der Waals surface area contributed by atoms with Crippen LogP contribution in [0.25, 0.3) is 0 Å². The third-order valence-electron chi connectivity index (χ3n) is 3.16. The molecule has 23 heavy (non-hydrogen) atoms. The smallest absolute Gasteiger partial charge is 0.266 e. The molecule has 0 unspecified atom stereocenters. The van der Waals surface area contributed by atoms with Gasteiger partial charge in [-0.05, 0) is 38.1 Å². The van der Waals surface area contributed by atoms with Crippen LogP contribution in [0.2, 0.25) is 0 Å². The van der Waals surface area contributed by atoms with Crippen LogP contribution in [0.4, 0.5) is 11.4 Å². The number of nitriles is 1. The van der Waals surface area contributed by atoms with Gasteiger partial charge < -0.3 is 4.98 Å². The molecule has 0 aliphatic heterocycles. The maximum atomic E-state index is 11.6. The first-order valence-corrected chi connectivity index (χ1v) is 7.97. The van der Waals surface area contributed by atoms with Crippen molar-refractivity contribution in [3.63, 3.8) is 0 Å². The molecule has 1 heterocycles. The first-order valence-electron chi connectivity index (χ1n) is 6.42. The molecular weight excluding hydrogens is 318 g/mol. The van der Waals surface area contributed by atoms with Gasteiger partial charge in [0.05, 0.1) is 10.6 Å². The Hall–Kier alpha value is -2.83. The quantitative estimate of drug-likeness (QED) is 0.828. The largest absolute Gasteiger partial charge is 0.323 e. The van der Waals surface area contributed by atoms with Gasteiger partial charge in [-0.3, -0.25) is 4.79 Å². The van der Waals surface area contributed by atoms with Crippen LogP contribution < -0.4 is 10.7 Å². The van der Waals surface area contributed by atoms with Crippen LogP contribution in [0.3, 0.4) is 0 Å². The number of aromatic nitrogens is 1. The Morgan fingerprint density at radius 3 is 2.30 bits per heavy atom. The third kappa shape index (κ3) is 3.50. The Kier molecular flexibility index (Phi) is 4.40. The molecule has 0 saturated carbocycles. The summed E-state index contributed by atoms with van der Waals surface area (Å²) in [4.78, 5) is 14.1. The van der Waals surface area contributed by atoms with Gasteiger partial charge in [0.25, 0.3) is 5.56 Å². The van der Waals surface area contributed by atoms with E-state index < -0.39 is 15.6 Å². The molecule has 0 spiro atoms. The zero-order valence-electron chi connectivity index (χ0n) is 12.4. The van der Waals surface area contributed by atoms with Gasteiger partial charge in [0.2, 0.25) is 10.0 Å². The number of pyridine rings is 1. The highest BCUT2D eigenvalue weighted by Gasteiger charge is 2.11. The van der Waals surface area contributed by atoms with Gasteiger partial charge in [0.1, 0.15) is 17.3 Å². The van der Waals surface area contributed by atoms with E-state index in [1.807, 2.05) is 6.07 Å². The van der Waals surface area contributed by atoms with Gasteiger partial charge in [-0.25, -0.2) is 13.6 Å². The van der Waals surface area contributed by atoms with E-state index >= 15 is 0 Å². The summed E-state index contributed by atoms with van der Waals surface area (Å²) in [5.74, 6) is 0. The molecule has 2 rings (SSSR count). The van der Waals surface area contributed by atoms with E-state index in [-0.39, 0.29) is 10.5 Å². The zero-order chi connectivity index (χ0) is 17.2. The number of H-pyrrole nitrogens is 1. The van der Waals surface area contributed by atoms with Gasteiger partial charge in [-0.15, -0.1) is 5.11 Å². The number of azo groups is 1. The van der Waals surface area contributed by atoms with Crippen LogP contribution in [-0.4, -0.2) is 13.4 Å². The highest BCUT2D eigenvalue weighted by atomic mass is 32.2. The van der Waals surface area contributed by atoms with Crippen LogP contribution >= 0.6 is 0 Å². The Balaban J connectivity index is 2.42. The van der Waals surface area contributed by atoms with Crippen molar-refractivity contribution in [2.45, 2.75) is 18.7 Å². The Morgan fingerprint density at radius 2 is 1.78 bits per heavy atom. The lowest BCUT2D eigenvalue weighted by Gasteiger charge is -2.04. The van der Waals surface area contributed by atoms with Gasteiger partial charge in [-0.2, -0.15) is 10.4 Å². The lowest BCUT2D eigenvalue weighted by atomic mass is 10.1. The molecule has 0 aliphatic rings. The zero-order valence-corrected chi connectivity index (χ0v) is 13.2. The SMILES string of the molecule is Cc1[nH]c(=O)c(C#N)c(C)c1N=Nc1ccc(S(N)(=O)=O)cc1. The Morgan fingerprint density at radius 1 is 1.17 bits per heavy atom. The highest BCUT2D eigenvalue weighted by Crippen LogP contribution is 2.25. The fraction of sp³-hybridized carbons (Fsp3) is 0.143. The number of primary sulfonamides is 1. The molecule has 2 aromatic rings. The molecule has 0 bridgehead atoms. The number of benzene rings is 1. The number of hydrogen-bond donors (Lipinski definition) is 2. The molecule has 1 aromatic carbocycles. The van der Waals surface area contributed by atoms with Crippen molar-refractivity contribution in [2.75, 3.05) is 0 Å². The number of aryl methyl sites for hydroxylation is 1. The van der Waals surface area contributed by atoms with E-state index in [1.54, 1.807) is 13.8 Å². The second-order valence-electron chi connectivity index (χ2n) is 4.78. The fourth-order valence-electron chi connectivity index (χ4n) is 1.96. The topological polar surface area (TPSA) is 142 Å². The summed E-state index contributed by atoms with van der Waals surface area (Å²) in [6.45, 7) is 3.26. The first-order chi connectivity index (χ1) is 10.7. The van der Waals surface area contributed by atoms with Crippen LogP contribution in [0.1, 0.15) is 16.8 Å². The number of nitrogens with two attached hydrogens (primary N) is 1. The third-order valence-corrected chi connectivity index (χ3v) is 4.09. The van der Waals surface area contributed by atoms with E-state index in [2.05, 4.69) is 15.2 Å². The Bertz CT molecular complexity index is 983. The highest BCUT2D eigenvalue weighted by molar-refractivity contribution is 7.89. The number of sulfonamides is 1. The van der Waals surface area contributed by atoms with Crippen molar-refractivity contribution in [1.29, 1.82) is 5.26 Å². The molecule has 8 nitrogen and oxygen atoms in total. The summed E-state index contributed by atoms with van der Waals surface area (Å²) in [6.07, 6.45) is 0. The van der Waals surface area contributed by atoms with Crippen molar-refractivity contribution in [3.05, 3.63) is 51.4 Å². The average molecular weight is 331 g/mol. The van der Waals surface area contributed by atoms with Gasteiger partial charge in [0, 0.05) is 11.3 Å². The summed E-state index contributed by atoms with van der Waals surface area (Å²) < 4.78 is 22.3. The van der Waals surface area contributed by atoms with Crippen LogP contribution in [-0.2, 0) is 10.0 Å². The summed E-state index contributed by atoms with van der Waals surface area (Å²) in [5.41, 5.74) is 1.21. The van der Waals surface area contributed by atoms with Crippen LogP contribution in [0.15, 0.2) is 44.2 Å². The number of nitrogens with one attached hydrogen (secondary N) is 1. The van der Waals surface area contributed by atoms with Gasteiger partial charge >= 0.3 is 0 Å². The molecule has 0 radical (unpaired) electrons. The molecule has 1 aromatic heterocycles. The van der Waals surface area contributed by atoms with E-state index in [4.69, 9.17) is 10.4 Å².